The summed E-state index contributed by atoms with van der Waals surface area (Å²) >= 11 is 0. The molecule has 0 radical (unpaired) electrons. The van der Waals surface area contributed by atoms with E-state index >= 15 is 0 Å². The number of rotatable bonds is 4. The quantitative estimate of drug-likeness (QED) is 0.735. The first-order chi connectivity index (χ1) is 7.20. The summed E-state index contributed by atoms with van der Waals surface area (Å²) in [6.45, 7) is 1.13. The molecule has 0 spiro atoms. The molecule has 1 rings (SSSR count). The van der Waals surface area contributed by atoms with Crippen LogP contribution in [0, 0.1) is 0 Å². The van der Waals surface area contributed by atoms with Crippen molar-refractivity contribution in [2.45, 2.75) is 44.2 Å². The highest BCUT2D eigenvalue weighted by atomic mass is 16.5. The number of nitrogens with two attached hydrogens (primary N) is 2. The largest absolute Gasteiger partial charge is 0.383 e. The average Bonchev–Trinajstić information content (AvgIpc) is 2.20. The monoisotopic (exact) mass is 218 g/mol. The second-order valence-electron chi connectivity index (χ2n) is 4.07. The summed E-state index contributed by atoms with van der Waals surface area (Å²) in [6, 6.07) is 0.554. The zero-order chi connectivity index (χ0) is 11.5. The fourth-order valence-electron chi connectivity index (χ4n) is 1.61. The Morgan fingerprint density at radius 3 is 1.80 bits per heavy atom. The molecule has 0 aromatic carbocycles. The topological polar surface area (TPSA) is 70.5 Å². The van der Waals surface area contributed by atoms with Crippen molar-refractivity contribution >= 4 is 0 Å². The van der Waals surface area contributed by atoms with Gasteiger partial charge in [0.1, 0.15) is 0 Å². The Hall–Kier alpha value is -0.160. The Morgan fingerprint density at radius 1 is 1.07 bits per heavy atom. The molecule has 1 aliphatic rings. The van der Waals surface area contributed by atoms with Crippen molar-refractivity contribution in [3.8, 4) is 0 Å². The Bertz CT molecular complexity index is 122. The molecule has 1 saturated carbocycles. The van der Waals surface area contributed by atoms with Crippen molar-refractivity contribution in [2.24, 2.45) is 11.5 Å². The highest BCUT2D eigenvalue weighted by molar-refractivity contribution is 4.66. The molecule has 0 aromatic heterocycles. The predicted molar refractivity (Wildman–Crippen MR) is 62.8 cm³/mol. The van der Waals surface area contributed by atoms with Gasteiger partial charge in [0.25, 0.3) is 0 Å². The minimum atomic E-state index is 0.0185. The van der Waals surface area contributed by atoms with Crippen LogP contribution in [0.2, 0.25) is 0 Å². The van der Waals surface area contributed by atoms with Gasteiger partial charge in [-0.25, -0.2) is 0 Å². The molecule has 4 heteroatoms. The molecule has 15 heavy (non-hydrogen) atoms. The zero-order valence-electron chi connectivity index (χ0n) is 10.1. The first-order valence-corrected chi connectivity index (χ1v) is 5.69. The molecule has 4 N–H and O–H groups in total. The molecule has 1 aliphatic carbocycles. The molecular weight excluding hydrogens is 192 g/mol. The van der Waals surface area contributed by atoms with Gasteiger partial charge in [0.15, 0.2) is 0 Å². The second-order valence-corrected chi connectivity index (χ2v) is 4.07. The van der Waals surface area contributed by atoms with E-state index < -0.39 is 0 Å². The highest BCUT2D eigenvalue weighted by Crippen LogP contribution is 2.14. The van der Waals surface area contributed by atoms with Crippen LogP contribution in [0.25, 0.3) is 0 Å². The summed E-state index contributed by atoms with van der Waals surface area (Å²) in [5, 5.41) is 0. The molecule has 0 amide bonds. The lowest BCUT2D eigenvalue weighted by molar-refractivity contribution is 0.119. The molecule has 0 aliphatic heterocycles. The Labute approximate surface area is 93.3 Å². The van der Waals surface area contributed by atoms with Gasteiger partial charge in [-0.15, -0.1) is 0 Å². The van der Waals surface area contributed by atoms with E-state index in [2.05, 4.69) is 0 Å². The van der Waals surface area contributed by atoms with E-state index in [-0.39, 0.29) is 6.04 Å². The fourth-order valence-corrected chi connectivity index (χ4v) is 1.61. The lowest BCUT2D eigenvalue weighted by atomic mass is 9.97. The van der Waals surface area contributed by atoms with E-state index in [1.807, 2.05) is 0 Å². The third kappa shape index (κ3) is 10.1. The molecule has 0 bridgehead atoms. The van der Waals surface area contributed by atoms with Crippen LogP contribution in [0.1, 0.15) is 32.1 Å². The number of ether oxygens (including phenoxy) is 2. The lowest BCUT2D eigenvalue weighted by Gasteiger charge is -2.15. The minimum Gasteiger partial charge on any atom is -0.383 e. The van der Waals surface area contributed by atoms with Gasteiger partial charge in [-0.1, -0.05) is 19.3 Å². The summed E-state index contributed by atoms with van der Waals surface area (Å²) in [4.78, 5) is 0. The molecule has 0 atom stereocenters. The SMILES string of the molecule is COCC(N)COC.NC1CCCCC1. The van der Waals surface area contributed by atoms with Crippen molar-refractivity contribution < 1.29 is 9.47 Å². The van der Waals surface area contributed by atoms with Crippen LogP contribution in [0.5, 0.6) is 0 Å². The van der Waals surface area contributed by atoms with Crippen molar-refractivity contribution in [1.82, 2.24) is 0 Å². The van der Waals surface area contributed by atoms with Crippen LogP contribution >= 0.6 is 0 Å². The Kier molecular flexibility index (Phi) is 10.3. The maximum absolute atomic E-state index is 5.63. The van der Waals surface area contributed by atoms with Crippen molar-refractivity contribution in [3.63, 3.8) is 0 Å². The molecular formula is C11H26N2O2. The third-order valence-electron chi connectivity index (χ3n) is 2.41. The van der Waals surface area contributed by atoms with Crippen LogP contribution in [0.4, 0.5) is 0 Å². The summed E-state index contributed by atoms with van der Waals surface area (Å²) in [5.41, 5.74) is 11.1. The summed E-state index contributed by atoms with van der Waals surface area (Å²) in [7, 11) is 3.24. The maximum Gasteiger partial charge on any atom is 0.0636 e. The van der Waals surface area contributed by atoms with Gasteiger partial charge in [0, 0.05) is 20.3 Å². The van der Waals surface area contributed by atoms with E-state index in [1.165, 1.54) is 32.1 Å². The lowest BCUT2D eigenvalue weighted by Crippen LogP contribution is -2.30. The van der Waals surface area contributed by atoms with Gasteiger partial charge in [0.05, 0.1) is 19.3 Å². The molecule has 0 unspecified atom stereocenters. The van der Waals surface area contributed by atoms with E-state index in [0.717, 1.165) is 0 Å². The van der Waals surface area contributed by atoms with E-state index in [4.69, 9.17) is 20.9 Å². The van der Waals surface area contributed by atoms with Gasteiger partial charge in [-0.3, -0.25) is 0 Å². The van der Waals surface area contributed by atoms with Gasteiger partial charge in [-0.05, 0) is 12.8 Å². The fraction of sp³-hybridized carbons (Fsp3) is 1.00. The highest BCUT2D eigenvalue weighted by Gasteiger charge is 2.06. The van der Waals surface area contributed by atoms with Crippen LogP contribution in [-0.4, -0.2) is 39.5 Å². The summed E-state index contributed by atoms with van der Waals surface area (Å²) < 4.78 is 9.50. The number of hydrogen-bond donors (Lipinski definition) is 2. The second kappa shape index (κ2) is 10.4. The summed E-state index contributed by atoms with van der Waals surface area (Å²) in [6.07, 6.45) is 6.66. The summed E-state index contributed by atoms with van der Waals surface area (Å²) in [5.74, 6) is 0. The van der Waals surface area contributed by atoms with Crippen LogP contribution < -0.4 is 11.5 Å². The molecule has 0 aromatic rings. The first-order valence-electron chi connectivity index (χ1n) is 5.69. The van der Waals surface area contributed by atoms with Crippen LogP contribution in [-0.2, 0) is 9.47 Å². The minimum absolute atomic E-state index is 0.0185. The first kappa shape index (κ1) is 14.8. The molecule has 0 saturated heterocycles. The van der Waals surface area contributed by atoms with Gasteiger partial charge in [-0.2, -0.15) is 0 Å². The zero-order valence-corrected chi connectivity index (χ0v) is 10.1. The average molecular weight is 218 g/mol. The van der Waals surface area contributed by atoms with E-state index in [9.17, 15) is 0 Å². The van der Waals surface area contributed by atoms with Crippen LogP contribution in [0.3, 0.4) is 0 Å². The smallest absolute Gasteiger partial charge is 0.0636 e. The maximum atomic E-state index is 5.63. The number of methoxy groups -OCH3 is 2. The van der Waals surface area contributed by atoms with E-state index in [0.29, 0.717) is 19.3 Å². The van der Waals surface area contributed by atoms with Crippen LogP contribution in [0.15, 0.2) is 0 Å². The molecule has 4 nitrogen and oxygen atoms in total. The predicted octanol–water partition coefficient (Wildman–Crippen LogP) is 0.884. The third-order valence-corrected chi connectivity index (χ3v) is 2.41. The normalized spacial score (nSPS) is 17.4. The van der Waals surface area contributed by atoms with Gasteiger partial charge < -0.3 is 20.9 Å². The van der Waals surface area contributed by atoms with Crippen molar-refractivity contribution in [2.75, 3.05) is 27.4 Å². The molecule has 1 fully saturated rings. The van der Waals surface area contributed by atoms with E-state index in [1.54, 1.807) is 14.2 Å². The molecule has 0 heterocycles. The van der Waals surface area contributed by atoms with Gasteiger partial charge in [0.2, 0.25) is 0 Å². The Morgan fingerprint density at radius 2 is 1.53 bits per heavy atom. The number of hydrogen-bond acceptors (Lipinski definition) is 4. The van der Waals surface area contributed by atoms with Crippen molar-refractivity contribution in [3.05, 3.63) is 0 Å². The Balaban J connectivity index is 0.000000262. The molecule has 92 valence electrons. The standard InChI is InChI=1S/C6H13N.C5H13NO2/c7-6-4-2-1-3-5-6;1-7-3-5(6)4-8-2/h6H,1-5,7H2;5H,3-4,6H2,1-2H3. The van der Waals surface area contributed by atoms with Gasteiger partial charge >= 0.3 is 0 Å². The van der Waals surface area contributed by atoms with Crippen molar-refractivity contribution in [1.29, 1.82) is 0 Å².